The van der Waals surface area contributed by atoms with Crippen LogP contribution in [0.15, 0.2) is 57.7 Å². The third-order valence-electron chi connectivity index (χ3n) is 4.53. The first-order valence-corrected chi connectivity index (χ1v) is 9.74. The van der Waals surface area contributed by atoms with E-state index in [0.717, 1.165) is 10.2 Å². The summed E-state index contributed by atoms with van der Waals surface area (Å²) in [7, 11) is 3.15. The number of hydrogen-bond acceptors (Lipinski definition) is 7. The van der Waals surface area contributed by atoms with Gasteiger partial charge in [-0.15, -0.1) is 5.10 Å². The lowest BCUT2D eigenvalue weighted by atomic mass is 10.1. The van der Waals surface area contributed by atoms with Gasteiger partial charge < -0.3 is 23.9 Å². The molecule has 0 saturated carbocycles. The molecular formula is C22H25N3O6. The Kier molecular flexibility index (Phi) is 7.45. The molecule has 0 bridgehead atoms. The average Bonchev–Trinajstić information content (AvgIpc) is 3.14. The SMILES string of the molecule is COCCOc1ccc([C@H](C)NC(=O)Cn2nc(-c3ccccc3)oc2=O)cc1OC. The van der Waals surface area contributed by atoms with Crippen LogP contribution < -0.4 is 20.5 Å². The van der Waals surface area contributed by atoms with Crippen LogP contribution in [0.1, 0.15) is 18.5 Å². The van der Waals surface area contributed by atoms with Gasteiger partial charge in [0.1, 0.15) is 13.2 Å². The summed E-state index contributed by atoms with van der Waals surface area (Å²) in [5, 5.41) is 6.95. The van der Waals surface area contributed by atoms with Crippen molar-refractivity contribution in [2.75, 3.05) is 27.4 Å². The number of carbonyl (C=O) groups is 1. The van der Waals surface area contributed by atoms with Crippen molar-refractivity contribution in [3.05, 3.63) is 64.6 Å². The Morgan fingerprint density at radius 1 is 1.13 bits per heavy atom. The molecule has 0 aliphatic carbocycles. The Bertz CT molecular complexity index is 1060. The molecule has 0 aliphatic rings. The average molecular weight is 427 g/mol. The molecule has 0 saturated heterocycles. The van der Waals surface area contributed by atoms with Crippen LogP contribution in [0.5, 0.6) is 11.5 Å². The van der Waals surface area contributed by atoms with E-state index in [1.807, 2.05) is 31.2 Å². The van der Waals surface area contributed by atoms with Gasteiger partial charge in [-0.25, -0.2) is 4.79 Å². The maximum absolute atomic E-state index is 12.5. The second kappa shape index (κ2) is 10.4. The number of carbonyl (C=O) groups excluding carboxylic acids is 1. The largest absolute Gasteiger partial charge is 0.493 e. The van der Waals surface area contributed by atoms with Crippen LogP contribution in [-0.4, -0.2) is 43.1 Å². The van der Waals surface area contributed by atoms with E-state index < -0.39 is 5.76 Å². The van der Waals surface area contributed by atoms with Gasteiger partial charge in [0, 0.05) is 12.7 Å². The van der Waals surface area contributed by atoms with E-state index in [1.165, 1.54) is 0 Å². The summed E-state index contributed by atoms with van der Waals surface area (Å²) < 4.78 is 22.1. The number of nitrogens with zero attached hydrogens (tertiary/aromatic N) is 2. The van der Waals surface area contributed by atoms with Gasteiger partial charge in [0.25, 0.3) is 0 Å². The zero-order chi connectivity index (χ0) is 22.2. The van der Waals surface area contributed by atoms with Crippen LogP contribution in [0.25, 0.3) is 11.5 Å². The molecule has 164 valence electrons. The highest BCUT2D eigenvalue weighted by molar-refractivity contribution is 5.76. The van der Waals surface area contributed by atoms with Gasteiger partial charge in [-0.05, 0) is 36.8 Å². The van der Waals surface area contributed by atoms with Crippen LogP contribution in [0.4, 0.5) is 0 Å². The summed E-state index contributed by atoms with van der Waals surface area (Å²) in [5.74, 6) is 0.238. The minimum Gasteiger partial charge on any atom is -0.493 e. The number of benzene rings is 2. The van der Waals surface area contributed by atoms with Gasteiger partial charge >= 0.3 is 5.76 Å². The molecule has 0 spiro atoms. The van der Waals surface area contributed by atoms with Gasteiger partial charge in [-0.1, -0.05) is 24.3 Å². The quantitative estimate of drug-likeness (QED) is 0.496. The number of ether oxygens (including phenoxy) is 3. The minimum absolute atomic E-state index is 0.167. The Morgan fingerprint density at radius 2 is 1.90 bits per heavy atom. The summed E-state index contributed by atoms with van der Waals surface area (Å²) in [6, 6.07) is 14.1. The number of hydrogen-bond donors (Lipinski definition) is 1. The van der Waals surface area contributed by atoms with Crippen molar-refractivity contribution in [2.45, 2.75) is 19.5 Å². The molecule has 1 aromatic heterocycles. The maximum atomic E-state index is 12.5. The molecule has 0 aliphatic heterocycles. The van der Waals surface area contributed by atoms with E-state index in [2.05, 4.69) is 10.4 Å². The molecule has 3 aromatic rings. The summed E-state index contributed by atoms with van der Waals surface area (Å²) in [6.45, 7) is 2.44. The lowest BCUT2D eigenvalue weighted by Crippen LogP contribution is -2.33. The molecule has 0 radical (unpaired) electrons. The molecular weight excluding hydrogens is 402 g/mol. The summed E-state index contributed by atoms with van der Waals surface area (Å²) >= 11 is 0. The van der Waals surface area contributed by atoms with Crippen LogP contribution in [-0.2, 0) is 16.1 Å². The first-order chi connectivity index (χ1) is 15.0. The molecule has 0 unspecified atom stereocenters. The van der Waals surface area contributed by atoms with Crippen molar-refractivity contribution < 1.29 is 23.4 Å². The highest BCUT2D eigenvalue weighted by atomic mass is 16.5. The van der Waals surface area contributed by atoms with Crippen molar-refractivity contribution in [1.82, 2.24) is 15.1 Å². The smallest absolute Gasteiger partial charge is 0.437 e. The third kappa shape index (κ3) is 5.73. The van der Waals surface area contributed by atoms with Crippen molar-refractivity contribution in [3.63, 3.8) is 0 Å². The number of methoxy groups -OCH3 is 2. The van der Waals surface area contributed by atoms with Crippen molar-refractivity contribution >= 4 is 5.91 Å². The standard InChI is InChI=1S/C22H25N3O6/c1-15(17-9-10-18(19(13-17)29-3)30-12-11-28-2)23-20(26)14-25-22(27)31-21(24-25)16-7-5-4-6-8-16/h4-10,13,15H,11-12,14H2,1-3H3,(H,23,26)/t15-/m0/s1. The maximum Gasteiger partial charge on any atom is 0.437 e. The van der Waals surface area contributed by atoms with Gasteiger partial charge in [0.15, 0.2) is 11.5 Å². The number of aromatic nitrogens is 2. The van der Waals surface area contributed by atoms with Gasteiger partial charge in [0.2, 0.25) is 11.8 Å². The minimum atomic E-state index is -0.694. The molecule has 9 nitrogen and oxygen atoms in total. The highest BCUT2D eigenvalue weighted by Gasteiger charge is 2.16. The van der Waals surface area contributed by atoms with E-state index in [0.29, 0.717) is 30.3 Å². The van der Waals surface area contributed by atoms with Gasteiger partial charge in [-0.3, -0.25) is 4.79 Å². The Labute approximate surface area is 179 Å². The molecule has 0 fully saturated rings. The molecule has 1 heterocycles. The lowest BCUT2D eigenvalue weighted by Gasteiger charge is -2.17. The van der Waals surface area contributed by atoms with E-state index in [9.17, 15) is 9.59 Å². The fourth-order valence-electron chi connectivity index (χ4n) is 2.92. The zero-order valence-corrected chi connectivity index (χ0v) is 17.7. The molecule has 1 N–H and O–H groups in total. The third-order valence-corrected chi connectivity index (χ3v) is 4.53. The number of nitrogens with one attached hydrogen (secondary N) is 1. The van der Waals surface area contributed by atoms with E-state index >= 15 is 0 Å². The van der Waals surface area contributed by atoms with Crippen LogP contribution in [0.3, 0.4) is 0 Å². The first-order valence-electron chi connectivity index (χ1n) is 9.74. The lowest BCUT2D eigenvalue weighted by molar-refractivity contribution is -0.122. The van der Waals surface area contributed by atoms with Crippen LogP contribution >= 0.6 is 0 Å². The topological polar surface area (TPSA) is 105 Å². The molecule has 31 heavy (non-hydrogen) atoms. The Morgan fingerprint density at radius 3 is 2.61 bits per heavy atom. The monoisotopic (exact) mass is 427 g/mol. The normalized spacial score (nSPS) is 11.7. The molecule has 2 aromatic carbocycles. The molecule has 3 rings (SSSR count). The van der Waals surface area contributed by atoms with E-state index in [1.54, 1.807) is 38.5 Å². The van der Waals surface area contributed by atoms with Crippen LogP contribution in [0, 0.1) is 0 Å². The second-order valence-corrected chi connectivity index (χ2v) is 6.74. The Hall–Kier alpha value is -3.59. The summed E-state index contributed by atoms with van der Waals surface area (Å²) in [5.41, 5.74) is 1.48. The number of amides is 1. The molecule has 1 amide bonds. The fraction of sp³-hybridized carbons (Fsp3) is 0.318. The van der Waals surface area contributed by atoms with E-state index in [-0.39, 0.29) is 24.4 Å². The first kappa shape index (κ1) is 22.1. The predicted molar refractivity (Wildman–Crippen MR) is 113 cm³/mol. The van der Waals surface area contributed by atoms with Crippen molar-refractivity contribution in [1.29, 1.82) is 0 Å². The predicted octanol–water partition coefficient (Wildman–Crippen LogP) is 2.41. The van der Waals surface area contributed by atoms with Gasteiger partial charge in [-0.2, -0.15) is 4.68 Å². The molecule has 9 heteroatoms. The van der Waals surface area contributed by atoms with Crippen molar-refractivity contribution in [2.24, 2.45) is 0 Å². The van der Waals surface area contributed by atoms with Crippen molar-refractivity contribution in [3.8, 4) is 23.0 Å². The highest BCUT2D eigenvalue weighted by Crippen LogP contribution is 2.30. The molecule has 1 atom stereocenters. The van der Waals surface area contributed by atoms with Gasteiger partial charge in [0.05, 0.1) is 19.8 Å². The number of rotatable bonds is 10. The zero-order valence-electron chi connectivity index (χ0n) is 17.7. The fourth-order valence-corrected chi connectivity index (χ4v) is 2.92. The van der Waals surface area contributed by atoms with Crippen LogP contribution in [0.2, 0.25) is 0 Å². The van der Waals surface area contributed by atoms with E-state index in [4.69, 9.17) is 18.6 Å². The Balaban J connectivity index is 1.64. The summed E-state index contributed by atoms with van der Waals surface area (Å²) in [6.07, 6.45) is 0. The second-order valence-electron chi connectivity index (χ2n) is 6.74. The summed E-state index contributed by atoms with van der Waals surface area (Å²) in [4.78, 5) is 24.5.